The molecule has 0 atom stereocenters. The Bertz CT molecular complexity index is 209. The summed E-state index contributed by atoms with van der Waals surface area (Å²) in [5, 5.41) is 1.20. The average Bonchev–Trinajstić information content (AvgIpc) is 2.35. The van der Waals surface area contributed by atoms with Crippen LogP contribution in [0.2, 0.25) is 0 Å². The Balaban J connectivity index is 3.76. The van der Waals surface area contributed by atoms with E-state index in [2.05, 4.69) is 13.5 Å². The van der Waals surface area contributed by atoms with Crippen LogP contribution in [0.25, 0.3) is 0 Å². The van der Waals surface area contributed by atoms with Gasteiger partial charge in [-0.15, -0.1) is 0 Å². The third kappa shape index (κ3) is 9.99. The quantitative estimate of drug-likeness (QED) is 0.317. The van der Waals surface area contributed by atoms with Crippen LogP contribution in [0.3, 0.4) is 0 Å². The topological polar surface area (TPSA) is 48.0 Å². The van der Waals surface area contributed by atoms with Gasteiger partial charge in [0.1, 0.15) is 0 Å². The van der Waals surface area contributed by atoms with E-state index in [1.807, 2.05) is 6.92 Å². The summed E-state index contributed by atoms with van der Waals surface area (Å²) in [6.07, 6.45) is 3.71. The Hall–Kier alpha value is -0.910. The van der Waals surface area contributed by atoms with Crippen molar-refractivity contribution < 1.29 is 19.2 Å². The van der Waals surface area contributed by atoms with E-state index in [0.717, 1.165) is 31.9 Å². The van der Waals surface area contributed by atoms with Crippen molar-refractivity contribution in [1.29, 1.82) is 0 Å². The summed E-state index contributed by atoms with van der Waals surface area (Å²) in [7, 11) is 0. The van der Waals surface area contributed by atoms with Crippen molar-refractivity contribution in [3.63, 3.8) is 0 Å². The lowest BCUT2D eigenvalue weighted by Gasteiger charge is -2.19. The predicted octanol–water partition coefficient (Wildman–Crippen LogP) is 2.09. The van der Waals surface area contributed by atoms with Crippen LogP contribution >= 0.6 is 0 Å². The molecular weight excluding hydrogens is 222 g/mol. The van der Waals surface area contributed by atoms with E-state index in [1.165, 1.54) is 5.23 Å². The third-order valence-corrected chi connectivity index (χ3v) is 1.78. The second kappa shape index (κ2) is 11.6. The fourth-order valence-electron chi connectivity index (χ4n) is 1.01. The molecule has 0 aliphatic heterocycles. The van der Waals surface area contributed by atoms with Crippen molar-refractivity contribution in [3.8, 4) is 0 Å². The first-order valence-electron chi connectivity index (χ1n) is 6.07. The number of hydrogen-bond donors (Lipinski definition) is 0. The van der Waals surface area contributed by atoms with Crippen molar-refractivity contribution >= 4 is 5.97 Å². The van der Waals surface area contributed by atoms with Gasteiger partial charge in [0.05, 0.1) is 13.2 Å². The molecule has 0 aromatic carbocycles. The van der Waals surface area contributed by atoms with Gasteiger partial charge in [-0.2, -0.15) is 0 Å². The standard InChI is InChI=1S/C12H23NO4/c1-4-9-15-11-7-8-13(16-10-5-2)17-12(14)6-3/h6H,3-5,7-11H2,1-2H3. The summed E-state index contributed by atoms with van der Waals surface area (Å²) < 4.78 is 5.33. The monoisotopic (exact) mass is 245 g/mol. The minimum atomic E-state index is -0.518. The van der Waals surface area contributed by atoms with Crippen LogP contribution in [-0.2, 0) is 19.2 Å². The molecule has 0 aliphatic carbocycles. The number of ether oxygens (including phenoxy) is 1. The zero-order valence-electron chi connectivity index (χ0n) is 10.8. The van der Waals surface area contributed by atoms with Crippen molar-refractivity contribution in [2.45, 2.75) is 33.1 Å². The number of carbonyl (C=O) groups is 1. The van der Waals surface area contributed by atoms with Gasteiger partial charge < -0.3 is 9.57 Å². The van der Waals surface area contributed by atoms with Gasteiger partial charge in [0, 0.05) is 19.3 Å². The molecule has 0 fully saturated rings. The summed E-state index contributed by atoms with van der Waals surface area (Å²) in [5.74, 6) is -0.518. The van der Waals surface area contributed by atoms with Gasteiger partial charge in [-0.25, -0.2) is 4.79 Å². The molecule has 17 heavy (non-hydrogen) atoms. The maximum absolute atomic E-state index is 11.0. The molecule has 0 rings (SSSR count). The normalized spacial score (nSPS) is 10.5. The highest BCUT2D eigenvalue weighted by Crippen LogP contribution is 1.98. The number of nitrogens with zero attached hydrogens (tertiary/aromatic N) is 1. The van der Waals surface area contributed by atoms with Crippen LogP contribution in [0.5, 0.6) is 0 Å². The molecule has 0 aliphatic rings. The van der Waals surface area contributed by atoms with Gasteiger partial charge >= 0.3 is 5.97 Å². The smallest absolute Gasteiger partial charge is 0.351 e. The molecule has 5 heteroatoms. The van der Waals surface area contributed by atoms with E-state index in [9.17, 15) is 4.79 Å². The van der Waals surface area contributed by atoms with Gasteiger partial charge in [0.2, 0.25) is 0 Å². The largest absolute Gasteiger partial charge is 0.381 e. The second-order valence-corrected chi connectivity index (χ2v) is 3.47. The molecule has 0 unspecified atom stereocenters. The molecule has 0 saturated carbocycles. The summed E-state index contributed by atoms with van der Waals surface area (Å²) >= 11 is 0. The minimum absolute atomic E-state index is 0.489. The summed E-state index contributed by atoms with van der Waals surface area (Å²) in [6.45, 7) is 9.76. The Kier molecular flexibility index (Phi) is 11.0. The van der Waals surface area contributed by atoms with Crippen LogP contribution in [0.15, 0.2) is 12.7 Å². The first-order chi connectivity index (χ1) is 8.24. The average molecular weight is 245 g/mol. The fraction of sp³-hybridized carbons (Fsp3) is 0.750. The number of carbonyl (C=O) groups excluding carboxylic acids is 1. The van der Waals surface area contributed by atoms with E-state index >= 15 is 0 Å². The Morgan fingerprint density at radius 1 is 1.24 bits per heavy atom. The highest BCUT2D eigenvalue weighted by molar-refractivity contribution is 5.80. The lowest BCUT2D eigenvalue weighted by atomic mass is 10.4. The van der Waals surface area contributed by atoms with Gasteiger partial charge in [-0.1, -0.05) is 20.4 Å². The highest BCUT2D eigenvalue weighted by Gasteiger charge is 2.09. The van der Waals surface area contributed by atoms with Crippen molar-refractivity contribution in [3.05, 3.63) is 12.7 Å². The van der Waals surface area contributed by atoms with Crippen LogP contribution in [0, 0.1) is 0 Å². The molecule has 0 bridgehead atoms. The van der Waals surface area contributed by atoms with Crippen LogP contribution in [0.4, 0.5) is 0 Å². The number of hydrogen-bond acceptors (Lipinski definition) is 5. The highest BCUT2D eigenvalue weighted by atomic mass is 17.0. The van der Waals surface area contributed by atoms with Crippen molar-refractivity contribution in [1.82, 2.24) is 5.23 Å². The lowest BCUT2D eigenvalue weighted by Crippen LogP contribution is -2.29. The van der Waals surface area contributed by atoms with E-state index < -0.39 is 5.97 Å². The molecule has 100 valence electrons. The molecule has 0 aromatic heterocycles. The number of rotatable bonds is 11. The van der Waals surface area contributed by atoms with Gasteiger partial charge in [0.15, 0.2) is 0 Å². The van der Waals surface area contributed by atoms with Gasteiger partial charge in [-0.3, -0.25) is 4.84 Å². The SMILES string of the molecule is C=CC(=O)ON(CCCOCCC)OCCC. The summed E-state index contributed by atoms with van der Waals surface area (Å²) in [5.41, 5.74) is 0. The lowest BCUT2D eigenvalue weighted by molar-refractivity contribution is -0.344. The fourth-order valence-corrected chi connectivity index (χ4v) is 1.01. The molecular formula is C12H23NO4. The Labute approximate surface area is 103 Å². The summed E-state index contributed by atoms with van der Waals surface area (Å²) in [4.78, 5) is 21.2. The zero-order chi connectivity index (χ0) is 12.9. The van der Waals surface area contributed by atoms with Gasteiger partial charge in [0.25, 0.3) is 0 Å². The molecule has 0 spiro atoms. The van der Waals surface area contributed by atoms with E-state index in [1.54, 1.807) is 0 Å². The molecule has 0 aromatic rings. The molecule has 0 heterocycles. The first kappa shape index (κ1) is 16.1. The van der Waals surface area contributed by atoms with Crippen LogP contribution < -0.4 is 0 Å². The molecule has 0 saturated heterocycles. The second-order valence-electron chi connectivity index (χ2n) is 3.47. The van der Waals surface area contributed by atoms with Crippen LogP contribution in [0.1, 0.15) is 33.1 Å². The maximum atomic E-state index is 11.0. The van der Waals surface area contributed by atoms with Crippen molar-refractivity contribution in [2.75, 3.05) is 26.4 Å². The van der Waals surface area contributed by atoms with Gasteiger partial charge in [-0.05, 0) is 24.5 Å². The first-order valence-corrected chi connectivity index (χ1v) is 6.07. The minimum Gasteiger partial charge on any atom is -0.381 e. The molecule has 5 nitrogen and oxygen atoms in total. The zero-order valence-corrected chi connectivity index (χ0v) is 10.8. The number of hydroxylamine groups is 2. The third-order valence-electron chi connectivity index (χ3n) is 1.78. The molecule has 0 amide bonds. The molecule has 0 N–H and O–H groups in total. The van der Waals surface area contributed by atoms with Crippen molar-refractivity contribution in [2.24, 2.45) is 0 Å². The van der Waals surface area contributed by atoms with E-state index in [0.29, 0.717) is 19.8 Å². The Morgan fingerprint density at radius 3 is 2.53 bits per heavy atom. The maximum Gasteiger partial charge on any atom is 0.351 e. The van der Waals surface area contributed by atoms with E-state index in [4.69, 9.17) is 14.4 Å². The Morgan fingerprint density at radius 2 is 1.94 bits per heavy atom. The predicted molar refractivity (Wildman–Crippen MR) is 65.0 cm³/mol. The van der Waals surface area contributed by atoms with Crippen LogP contribution in [-0.4, -0.2) is 37.6 Å². The van der Waals surface area contributed by atoms with E-state index in [-0.39, 0.29) is 0 Å². The molecule has 0 radical (unpaired) electrons. The summed E-state index contributed by atoms with van der Waals surface area (Å²) in [6, 6.07) is 0.